The number of fused-ring (bicyclic) bond motifs is 5. The van der Waals surface area contributed by atoms with E-state index in [1.54, 1.807) is 24.7 Å². The quantitative estimate of drug-likeness (QED) is 0.0869. The van der Waals surface area contributed by atoms with E-state index in [9.17, 15) is 9.70 Å². The van der Waals surface area contributed by atoms with Crippen LogP contribution in [0.4, 0.5) is 5.69 Å². The Hall–Kier alpha value is -1.99. The molecule has 38 heavy (non-hydrogen) atoms. The van der Waals surface area contributed by atoms with Crippen LogP contribution in [-0.4, -0.2) is 17.7 Å². The summed E-state index contributed by atoms with van der Waals surface area (Å²) in [5, 5.41) is 11.0. The Labute approximate surface area is 254 Å². The minimum Gasteiger partial charge on any atom is -0.478 e. The molecule has 0 saturated carbocycles. The molecule has 3 N–H and O–H groups in total. The molecule has 0 radical (unpaired) electrons. The molecule has 2 aromatic carbocycles. The van der Waals surface area contributed by atoms with Crippen molar-refractivity contribution in [2.24, 2.45) is 11.3 Å². The van der Waals surface area contributed by atoms with Gasteiger partial charge in [0.05, 0.1) is 23.8 Å². The van der Waals surface area contributed by atoms with Crippen LogP contribution in [0, 0.1) is 10.8 Å². The topological polar surface area (TPSA) is 124 Å². The van der Waals surface area contributed by atoms with Crippen molar-refractivity contribution in [1.29, 1.82) is 0 Å². The number of hydrogen-bond donors (Lipinski definition) is 2. The van der Waals surface area contributed by atoms with Gasteiger partial charge in [0.2, 0.25) is 0 Å². The summed E-state index contributed by atoms with van der Waals surface area (Å²) in [6, 6.07) is 11.1. The van der Waals surface area contributed by atoms with Crippen LogP contribution in [0.2, 0.25) is 0 Å². The van der Waals surface area contributed by atoms with Gasteiger partial charge >= 0.3 is 5.97 Å². The van der Waals surface area contributed by atoms with Gasteiger partial charge in [-0.3, -0.25) is 0 Å². The van der Waals surface area contributed by atoms with Gasteiger partial charge in [-0.2, -0.15) is 0 Å². The normalized spacial score (nSPS) is 15.8. The van der Waals surface area contributed by atoms with Gasteiger partial charge in [0, 0.05) is 29.0 Å². The fourth-order valence-electron chi connectivity index (χ4n) is 3.28. The number of ether oxygens (including phenoxy) is 1. The molecule has 3 aromatic rings. The molecule has 2 unspecified atom stereocenters. The maximum atomic E-state index is 10.7. The summed E-state index contributed by atoms with van der Waals surface area (Å²) in [5.74, 6) is -0.461. The number of carbonyl (C=O) groups is 1. The number of nitrogens with zero attached hydrogens (tertiary/aromatic N) is 1. The van der Waals surface area contributed by atoms with Gasteiger partial charge in [0.15, 0.2) is 5.34 Å². The molecular formula is C26H26Br4N2O6. The number of rotatable bonds is 5. The van der Waals surface area contributed by atoms with Crippen LogP contribution < -0.4 is 5.73 Å². The second-order valence-electron chi connectivity index (χ2n) is 8.23. The van der Waals surface area contributed by atoms with E-state index in [-0.39, 0.29) is 23.5 Å². The third kappa shape index (κ3) is 9.33. The first-order valence-corrected chi connectivity index (χ1v) is 14.5. The maximum absolute atomic E-state index is 10.7. The van der Waals surface area contributed by atoms with Gasteiger partial charge in [-0.15, -0.1) is 4.91 Å². The zero-order valence-corrected chi connectivity index (χ0v) is 26.8. The number of carboxylic acid groups (broad SMARTS) is 1. The number of furan rings is 1. The number of halogens is 4. The van der Waals surface area contributed by atoms with E-state index < -0.39 is 5.97 Å². The lowest BCUT2D eigenvalue weighted by atomic mass is 9.97. The lowest BCUT2D eigenvalue weighted by Gasteiger charge is -2.10. The summed E-state index contributed by atoms with van der Waals surface area (Å²) in [4.78, 5) is 24.2. The van der Waals surface area contributed by atoms with Crippen LogP contribution in [0.1, 0.15) is 54.0 Å². The molecule has 0 aliphatic carbocycles. The standard InChI is InChI=1S/C10H6Br2O.C7H5Br2NO2.C5H11NO2.C4H4O/c11-5-1-2-6(12)10-8-4-3-7(13-8)9(5)10;8-3-1-2-4(9)6(10)5(3)7(11)12;1-5(2)3-4-8-6-7;1-2-4-5-3-1/h1-4,7-8H;1-2H,10H2,(H,11,12);5H,3-4H2,1-2H3;1-4H. The van der Waals surface area contributed by atoms with Crippen LogP contribution in [0.15, 0.2) is 88.7 Å². The SMILES string of the molecule is Brc1ccc(Br)c2c1C1C=CC2O1.CC(C)CCON=O.Nc1c(Br)ccc(Br)c1C(=O)O.c1ccoc1. The molecule has 3 heterocycles. The summed E-state index contributed by atoms with van der Waals surface area (Å²) in [7, 11) is 0. The molecule has 2 aliphatic rings. The Kier molecular flexibility index (Phi) is 13.7. The average Bonchev–Trinajstić information content (AvgIpc) is 3.65. The second-order valence-corrected chi connectivity index (χ2v) is 11.6. The van der Waals surface area contributed by atoms with Crippen LogP contribution in [0.25, 0.3) is 0 Å². The predicted molar refractivity (Wildman–Crippen MR) is 161 cm³/mol. The van der Waals surface area contributed by atoms with Crippen molar-refractivity contribution >= 4 is 75.4 Å². The van der Waals surface area contributed by atoms with Crippen LogP contribution >= 0.6 is 63.7 Å². The van der Waals surface area contributed by atoms with E-state index in [1.165, 1.54) is 11.1 Å². The Morgan fingerprint density at radius 1 is 0.974 bits per heavy atom. The van der Waals surface area contributed by atoms with Gasteiger partial charge in [0.1, 0.15) is 18.8 Å². The summed E-state index contributed by atoms with van der Waals surface area (Å²) in [5.41, 5.74) is 8.41. The van der Waals surface area contributed by atoms with E-state index >= 15 is 0 Å². The van der Waals surface area contributed by atoms with E-state index in [0.29, 0.717) is 21.5 Å². The first-order chi connectivity index (χ1) is 18.1. The lowest BCUT2D eigenvalue weighted by molar-refractivity contribution is 0.0697. The van der Waals surface area contributed by atoms with Crippen molar-refractivity contribution in [2.75, 3.05) is 12.3 Å². The second kappa shape index (κ2) is 16.2. The highest BCUT2D eigenvalue weighted by Crippen LogP contribution is 2.51. The van der Waals surface area contributed by atoms with Crippen molar-refractivity contribution in [3.8, 4) is 0 Å². The fourth-order valence-corrected chi connectivity index (χ4v) is 5.27. The van der Waals surface area contributed by atoms with Crippen molar-refractivity contribution < 1.29 is 23.9 Å². The van der Waals surface area contributed by atoms with Crippen LogP contribution in [0.3, 0.4) is 0 Å². The molecule has 0 fully saturated rings. The van der Waals surface area contributed by atoms with E-state index in [4.69, 9.17) is 15.6 Å². The molecule has 0 amide bonds. The van der Waals surface area contributed by atoms with Gasteiger partial charge in [-0.1, -0.05) is 57.9 Å². The number of aromatic carboxylic acids is 1. The minimum absolute atomic E-state index is 0.0874. The predicted octanol–water partition coefficient (Wildman–Crippen LogP) is 9.40. The molecule has 1 aromatic heterocycles. The molecule has 5 rings (SSSR count). The number of benzene rings is 2. The molecule has 2 aliphatic heterocycles. The third-order valence-corrected chi connectivity index (χ3v) is 7.86. The Morgan fingerprint density at radius 3 is 1.87 bits per heavy atom. The molecule has 2 atom stereocenters. The van der Waals surface area contributed by atoms with E-state index in [0.717, 1.165) is 15.4 Å². The highest BCUT2D eigenvalue weighted by atomic mass is 79.9. The number of anilines is 1. The molecule has 0 spiro atoms. The summed E-state index contributed by atoms with van der Waals surface area (Å²) in [6.45, 7) is 4.57. The van der Waals surface area contributed by atoms with Crippen LogP contribution in [0.5, 0.6) is 0 Å². The van der Waals surface area contributed by atoms with Crippen molar-refractivity contribution in [2.45, 2.75) is 32.5 Å². The van der Waals surface area contributed by atoms with Gasteiger partial charge in [0.25, 0.3) is 0 Å². The smallest absolute Gasteiger partial charge is 0.338 e. The Balaban J connectivity index is 0.000000188. The lowest BCUT2D eigenvalue weighted by Crippen LogP contribution is -2.03. The Morgan fingerprint density at radius 2 is 1.47 bits per heavy atom. The first kappa shape index (κ1) is 32.2. The highest BCUT2D eigenvalue weighted by Gasteiger charge is 2.36. The fraction of sp³-hybridized carbons (Fsp3) is 0.269. The molecule has 0 saturated heterocycles. The van der Waals surface area contributed by atoms with E-state index in [2.05, 4.69) is 116 Å². The molecule has 8 nitrogen and oxygen atoms in total. The summed E-state index contributed by atoms with van der Waals surface area (Å²) < 4.78 is 13.7. The zero-order chi connectivity index (χ0) is 28.2. The number of nitrogens with two attached hydrogens (primary N) is 1. The molecule has 2 bridgehead atoms. The third-order valence-electron chi connectivity index (χ3n) is 5.12. The van der Waals surface area contributed by atoms with E-state index in [1.807, 2.05) is 12.1 Å². The van der Waals surface area contributed by atoms with Gasteiger partial charge < -0.3 is 24.8 Å². The monoisotopic (exact) mass is 778 g/mol. The molecule has 12 heteroatoms. The summed E-state index contributed by atoms with van der Waals surface area (Å²) >= 11 is 13.3. The number of carboxylic acids is 1. The average molecular weight is 782 g/mol. The van der Waals surface area contributed by atoms with Crippen LogP contribution in [-0.2, 0) is 9.57 Å². The largest absolute Gasteiger partial charge is 0.478 e. The van der Waals surface area contributed by atoms with Gasteiger partial charge in [-0.25, -0.2) is 4.79 Å². The number of hydrogen-bond acceptors (Lipinski definition) is 7. The van der Waals surface area contributed by atoms with Gasteiger partial charge in [-0.05, 0) is 80.6 Å². The Bertz CT molecular complexity index is 1180. The zero-order valence-electron chi connectivity index (χ0n) is 20.4. The molecular weight excluding hydrogens is 756 g/mol. The first-order valence-electron chi connectivity index (χ1n) is 11.3. The summed E-state index contributed by atoms with van der Waals surface area (Å²) in [6.07, 6.45) is 8.69. The van der Waals surface area contributed by atoms with Crippen molar-refractivity contribution in [1.82, 2.24) is 0 Å². The van der Waals surface area contributed by atoms with Crippen molar-refractivity contribution in [3.63, 3.8) is 0 Å². The van der Waals surface area contributed by atoms with Crippen molar-refractivity contribution in [3.05, 3.63) is 101 Å². The minimum atomic E-state index is -1.04. The molecule has 204 valence electrons. The number of nitrogen functional groups attached to an aromatic ring is 1. The highest BCUT2D eigenvalue weighted by molar-refractivity contribution is 9.11. The maximum Gasteiger partial charge on any atom is 0.338 e.